The van der Waals surface area contributed by atoms with Crippen LogP contribution in [0.5, 0.6) is 0 Å². The molecule has 0 amide bonds. The Kier molecular flexibility index (Phi) is 7.42. The molecule has 1 unspecified atom stereocenters. The van der Waals surface area contributed by atoms with E-state index in [0.717, 1.165) is 0 Å². The fraction of sp³-hybridized carbons (Fsp3) is 0.500. The summed E-state index contributed by atoms with van der Waals surface area (Å²) in [6, 6.07) is -1.49. The molecule has 9 nitrogen and oxygen atoms in total. The third-order valence-corrected chi connectivity index (χ3v) is 3.12. The van der Waals surface area contributed by atoms with Crippen LogP contribution in [0.1, 0.15) is 12.8 Å². The minimum atomic E-state index is -4.85. The summed E-state index contributed by atoms with van der Waals surface area (Å²) in [4.78, 5) is 24.7. The fourth-order valence-corrected chi connectivity index (χ4v) is 2.18. The van der Waals surface area contributed by atoms with Crippen molar-refractivity contribution in [1.29, 1.82) is 0 Å². The average Bonchev–Trinajstić information content (AvgIpc) is 2.38. The maximum absolute atomic E-state index is 11.6. The SMILES string of the molecule is C=CCC/C=C/C(OS(=O)(=O)O)B1OC(=O)CN(C)CC(=O)O1. The van der Waals surface area contributed by atoms with Gasteiger partial charge in [0, 0.05) is 0 Å². The Bertz CT molecular complexity index is 556. The van der Waals surface area contributed by atoms with Gasteiger partial charge in [-0.05, 0) is 19.9 Å². The molecule has 1 rings (SSSR count). The Morgan fingerprint density at radius 3 is 2.39 bits per heavy atom. The minimum Gasteiger partial charge on any atom is -0.496 e. The number of likely N-dealkylation sites (N-methyl/N-ethyl adjacent to an activating group) is 1. The highest BCUT2D eigenvalue weighted by atomic mass is 32.3. The van der Waals surface area contributed by atoms with Crippen molar-refractivity contribution in [1.82, 2.24) is 4.90 Å². The van der Waals surface area contributed by atoms with Crippen molar-refractivity contribution in [3.05, 3.63) is 24.8 Å². The molecule has 1 heterocycles. The molecule has 1 fully saturated rings. The van der Waals surface area contributed by atoms with Crippen LogP contribution in [0.25, 0.3) is 0 Å². The molecule has 0 spiro atoms. The molecule has 23 heavy (non-hydrogen) atoms. The summed E-state index contributed by atoms with van der Waals surface area (Å²) in [5.74, 6) is -1.46. The number of hydrogen-bond donors (Lipinski definition) is 1. The lowest BCUT2D eigenvalue weighted by Crippen LogP contribution is -2.48. The second kappa shape index (κ2) is 8.82. The number of rotatable bonds is 7. The van der Waals surface area contributed by atoms with Crippen molar-refractivity contribution in [2.75, 3.05) is 20.1 Å². The molecular formula is C12H18BNO8S. The summed E-state index contributed by atoms with van der Waals surface area (Å²) in [6.45, 7) is 3.18. The third-order valence-electron chi connectivity index (χ3n) is 2.66. The predicted molar refractivity (Wildman–Crippen MR) is 80.4 cm³/mol. The zero-order chi connectivity index (χ0) is 17.5. The van der Waals surface area contributed by atoms with Crippen LogP contribution >= 0.6 is 0 Å². The van der Waals surface area contributed by atoms with E-state index in [1.807, 2.05) is 0 Å². The van der Waals surface area contributed by atoms with E-state index in [0.29, 0.717) is 12.8 Å². The average molecular weight is 347 g/mol. The Morgan fingerprint density at radius 1 is 1.35 bits per heavy atom. The molecule has 1 atom stereocenters. The number of nitrogens with zero attached hydrogens (tertiary/aromatic N) is 1. The van der Waals surface area contributed by atoms with E-state index in [4.69, 9.17) is 13.9 Å². The Labute approximate surface area is 135 Å². The van der Waals surface area contributed by atoms with Crippen LogP contribution in [0.3, 0.4) is 0 Å². The van der Waals surface area contributed by atoms with Gasteiger partial charge >= 0.3 is 29.5 Å². The second-order valence-corrected chi connectivity index (χ2v) is 5.85. The monoisotopic (exact) mass is 347 g/mol. The molecule has 0 bridgehead atoms. The first-order valence-electron chi connectivity index (χ1n) is 6.72. The van der Waals surface area contributed by atoms with Gasteiger partial charge in [0.05, 0.1) is 13.1 Å². The molecule has 0 aromatic heterocycles. The van der Waals surface area contributed by atoms with Gasteiger partial charge in [-0.2, -0.15) is 8.42 Å². The normalized spacial score (nSPS) is 19.0. The molecule has 128 valence electrons. The van der Waals surface area contributed by atoms with Crippen LogP contribution in [-0.4, -0.2) is 63.1 Å². The maximum atomic E-state index is 11.6. The summed E-state index contributed by atoms with van der Waals surface area (Å²) >= 11 is 0. The molecule has 1 aliphatic rings. The lowest BCUT2D eigenvalue weighted by molar-refractivity contribution is -0.146. The molecule has 0 radical (unpaired) electrons. The van der Waals surface area contributed by atoms with Crippen molar-refractivity contribution < 1.29 is 36.1 Å². The maximum Gasteiger partial charge on any atom is 0.635 e. The molecular weight excluding hydrogens is 329 g/mol. The fourth-order valence-electron chi connectivity index (χ4n) is 1.74. The van der Waals surface area contributed by atoms with Gasteiger partial charge in [-0.1, -0.05) is 18.2 Å². The molecule has 0 aromatic rings. The van der Waals surface area contributed by atoms with Gasteiger partial charge in [0.2, 0.25) is 0 Å². The Morgan fingerprint density at radius 2 is 1.91 bits per heavy atom. The van der Waals surface area contributed by atoms with Crippen LogP contribution in [0, 0.1) is 0 Å². The molecule has 0 saturated carbocycles. The van der Waals surface area contributed by atoms with E-state index in [1.54, 1.807) is 6.08 Å². The smallest absolute Gasteiger partial charge is 0.496 e. The Hall–Kier alpha value is -1.69. The lowest BCUT2D eigenvalue weighted by Gasteiger charge is -2.24. The van der Waals surface area contributed by atoms with Crippen molar-refractivity contribution >= 4 is 29.5 Å². The summed E-state index contributed by atoms with van der Waals surface area (Å²) in [7, 11) is -4.95. The van der Waals surface area contributed by atoms with E-state index in [-0.39, 0.29) is 13.1 Å². The van der Waals surface area contributed by atoms with E-state index in [1.165, 1.54) is 24.1 Å². The Balaban J connectivity index is 2.92. The van der Waals surface area contributed by atoms with Gasteiger partial charge in [-0.15, -0.1) is 6.58 Å². The van der Waals surface area contributed by atoms with Crippen LogP contribution in [0.15, 0.2) is 24.8 Å². The molecule has 11 heteroatoms. The standard InChI is InChI=1S/C12H18BNO8S/c1-3-4-5-6-7-10(22-23(17,18)19)13-20-11(15)8-14(2)9-12(16)21-13/h3,6-7,10H,1,4-5,8-9H2,2H3,(H,17,18,19)/b7-6+. The summed E-state index contributed by atoms with van der Waals surface area (Å²) < 4.78 is 44.9. The van der Waals surface area contributed by atoms with Gasteiger partial charge in [-0.3, -0.25) is 19.0 Å². The lowest BCUT2D eigenvalue weighted by atomic mass is 9.80. The van der Waals surface area contributed by atoms with Crippen molar-refractivity contribution in [3.63, 3.8) is 0 Å². The number of allylic oxidation sites excluding steroid dienone is 2. The van der Waals surface area contributed by atoms with Crippen molar-refractivity contribution in [2.24, 2.45) is 0 Å². The largest absolute Gasteiger partial charge is 0.635 e. The van der Waals surface area contributed by atoms with Crippen LogP contribution < -0.4 is 0 Å². The summed E-state index contributed by atoms with van der Waals surface area (Å²) in [5.41, 5.74) is 0. The summed E-state index contributed by atoms with van der Waals surface area (Å²) in [5, 5.41) is 0. The topological polar surface area (TPSA) is 119 Å². The van der Waals surface area contributed by atoms with Crippen molar-refractivity contribution in [2.45, 2.75) is 18.8 Å². The van der Waals surface area contributed by atoms with Gasteiger partial charge in [0.1, 0.15) is 0 Å². The first kappa shape index (κ1) is 19.4. The van der Waals surface area contributed by atoms with Gasteiger partial charge in [-0.25, -0.2) is 4.18 Å². The minimum absolute atomic E-state index is 0.176. The van der Waals surface area contributed by atoms with Gasteiger partial charge in [0.25, 0.3) is 0 Å². The highest BCUT2D eigenvalue weighted by Gasteiger charge is 2.41. The van der Waals surface area contributed by atoms with Gasteiger partial charge < -0.3 is 9.31 Å². The van der Waals surface area contributed by atoms with E-state index in [9.17, 15) is 18.0 Å². The number of carbonyl (C=O) groups excluding carboxylic acids is 2. The first-order valence-corrected chi connectivity index (χ1v) is 8.08. The second-order valence-electron chi connectivity index (χ2n) is 4.80. The van der Waals surface area contributed by atoms with E-state index in [2.05, 4.69) is 10.8 Å². The van der Waals surface area contributed by atoms with E-state index < -0.39 is 35.5 Å². The first-order chi connectivity index (χ1) is 10.7. The molecule has 1 N–H and O–H groups in total. The van der Waals surface area contributed by atoms with Crippen LogP contribution in [-0.2, 0) is 33.5 Å². The molecule has 0 aliphatic carbocycles. The third kappa shape index (κ3) is 7.93. The molecule has 1 saturated heterocycles. The number of unbranched alkanes of at least 4 members (excludes halogenated alkanes) is 1. The number of hydrogen-bond acceptors (Lipinski definition) is 8. The summed E-state index contributed by atoms with van der Waals surface area (Å²) in [6.07, 6.45) is 5.53. The predicted octanol–water partition coefficient (Wildman–Crippen LogP) is -0.244. The zero-order valence-electron chi connectivity index (χ0n) is 12.6. The van der Waals surface area contributed by atoms with Crippen molar-refractivity contribution in [3.8, 4) is 0 Å². The molecule has 1 aliphatic heterocycles. The zero-order valence-corrected chi connectivity index (χ0v) is 13.4. The van der Waals surface area contributed by atoms with Crippen LogP contribution in [0.4, 0.5) is 0 Å². The highest BCUT2D eigenvalue weighted by Crippen LogP contribution is 2.11. The highest BCUT2D eigenvalue weighted by molar-refractivity contribution is 7.81. The quantitative estimate of drug-likeness (QED) is 0.288. The number of carbonyl (C=O) groups is 2. The van der Waals surface area contributed by atoms with Gasteiger partial charge in [0.15, 0.2) is 6.00 Å². The van der Waals surface area contributed by atoms with Crippen LogP contribution in [0.2, 0.25) is 0 Å². The van der Waals surface area contributed by atoms with E-state index >= 15 is 0 Å². The molecule has 0 aromatic carbocycles.